The Morgan fingerprint density at radius 2 is 1.73 bits per heavy atom. The molecule has 4 rings (SSSR count). The summed E-state index contributed by atoms with van der Waals surface area (Å²) in [6, 6.07) is 18.1. The first kappa shape index (κ1) is 26.6. The number of hydrogen-bond donors (Lipinski definition) is 2. The van der Waals surface area contributed by atoms with Crippen molar-refractivity contribution in [3.63, 3.8) is 0 Å². The van der Waals surface area contributed by atoms with Gasteiger partial charge in [-0.3, -0.25) is 14.5 Å². The zero-order valence-corrected chi connectivity index (χ0v) is 22.0. The minimum Gasteiger partial charge on any atom is -0.497 e. The van der Waals surface area contributed by atoms with Gasteiger partial charge in [0.2, 0.25) is 0 Å². The maximum Gasteiger partial charge on any atom is 0.309 e. The molecule has 7 nitrogen and oxygen atoms in total. The molecule has 1 fully saturated rings. The van der Waals surface area contributed by atoms with Crippen LogP contribution in [-0.4, -0.2) is 62.6 Å². The Morgan fingerprint density at radius 1 is 1.00 bits per heavy atom. The number of hydrogen-bond acceptors (Lipinski definition) is 6. The maximum atomic E-state index is 14.3. The second kappa shape index (κ2) is 12.7. The van der Waals surface area contributed by atoms with Crippen molar-refractivity contribution < 1.29 is 18.7 Å². The van der Waals surface area contributed by atoms with Gasteiger partial charge in [-0.05, 0) is 54.6 Å². The van der Waals surface area contributed by atoms with Gasteiger partial charge in [0.1, 0.15) is 11.6 Å². The summed E-state index contributed by atoms with van der Waals surface area (Å²) in [5.41, 5.74) is 1.66. The van der Waals surface area contributed by atoms with Crippen LogP contribution < -0.4 is 20.3 Å². The summed E-state index contributed by atoms with van der Waals surface area (Å²) in [6.07, 6.45) is 0.614. The van der Waals surface area contributed by atoms with Gasteiger partial charge < -0.3 is 20.3 Å². The number of nitrogens with zero attached hydrogens (tertiary/aromatic N) is 2. The Morgan fingerprint density at radius 3 is 2.38 bits per heavy atom. The first-order valence-electron chi connectivity index (χ1n) is 12.4. The van der Waals surface area contributed by atoms with E-state index in [1.165, 1.54) is 6.07 Å². The van der Waals surface area contributed by atoms with Crippen LogP contribution in [0.5, 0.6) is 5.75 Å². The summed E-state index contributed by atoms with van der Waals surface area (Å²) in [7, 11) is 1.61. The van der Waals surface area contributed by atoms with Crippen molar-refractivity contribution >= 4 is 28.8 Å². The molecule has 0 spiro atoms. The third-order valence-electron chi connectivity index (χ3n) is 6.63. The molecular weight excluding hydrogens is 491 g/mol. The normalized spacial score (nSPS) is 15.6. The van der Waals surface area contributed by atoms with E-state index in [1.54, 1.807) is 30.6 Å². The number of para-hydroxylation sites is 1. The van der Waals surface area contributed by atoms with E-state index in [1.807, 2.05) is 48.7 Å². The van der Waals surface area contributed by atoms with Crippen LogP contribution in [0.15, 0.2) is 66.0 Å². The number of thiophene rings is 1. The lowest BCUT2D eigenvalue weighted by Gasteiger charge is -2.42. The largest absolute Gasteiger partial charge is 0.497 e. The fourth-order valence-electron chi connectivity index (χ4n) is 4.70. The molecule has 196 valence electrons. The van der Waals surface area contributed by atoms with Gasteiger partial charge in [0.15, 0.2) is 0 Å². The Bertz CT molecular complexity index is 1160. The van der Waals surface area contributed by atoms with E-state index >= 15 is 0 Å². The van der Waals surface area contributed by atoms with E-state index in [9.17, 15) is 14.0 Å². The van der Waals surface area contributed by atoms with Crippen molar-refractivity contribution in [2.45, 2.75) is 25.4 Å². The van der Waals surface area contributed by atoms with Crippen LogP contribution in [0.4, 0.5) is 10.1 Å². The van der Waals surface area contributed by atoms with Gasteiger partial charge in [-0.2, -0.15) is 0 Å². The lowest BCUT2D eigenvalue weighted by molar-refractivity contribution is -0.139. The molecule has 2 N–H and O–H groups in total. The molecule has 2 unspecified atom stereocenters. The van der Waals surface area contributed by atoms with Crippen LogP contribution in [0.3, 0.4) is 0 Å². The highest BCUT2D eigenvalue weighted by atomic mass is 32.1. The number of piperazine rings is 1. The minimum absolute atomic E-state index is 0.0844. The molecule has 2 atom stereocenters. The number of amides is 2. The van der Waals surface area contributed by atoms with Crippen molar-refractivity contribution in [1.29, 1.82) is 0 Å². The molecule has 1 saturated heterocycles. The molecule has 1 aromatic heterocycles. The molecule has 0 bridgehead atoms. The maximum absolute atomic E-state index is 14.3. The molecular formula is C28H33FN4O3S. The monoisotopic (exact) mass is 524 g/mol. The van der Waals surface area contributed by atoms with E-state index in [-0.39, 0.29) is 17.9 Å². The molecule has 2 aromatic carbocycles. The van der Waals surface area contributed by atoms with Crippen LogP contribution in [0.2, 0.25) is 0 Å². The molecule has 37 heavy (non-hydrogen) atoms. The lowest BCUT2D eigenvalue weighted by atomic mass is 10.0. The van der Waals surface area contributed by atoms with Gasteiger partial charge in [-0.1, -0.05) is 30.3 Å². The number of halogens is 1. The topological polar surface area (TPSA) is 73.9 Å². The third kappa shape index (κ3) is 6.87. The predicted octanol–water partition coefficient (Wildman–Crippen LogP) is 3.62. The number of rotatable bonds is 9. The Kier molecular flexibility index (Phi) is 9.14. The van der Waals surface area contributed by atoms with Gasteiger partial charge in [0.05, 0.1) is 18.8 Å². The second-order valence-electron chi connectivity index (χ2n) is 9.05. The molecule has 3 aromatic rings. The van der Waals surface area contributed by atoms with Crippen molar-refractivity contribution in [2.75, 3.05) is 44.7 Å². The van der Waals surface area contributed by atoms with Gasteiger partial charge in [-0.15, -0.1) is 11.3 Å². The first-order valence-corrected chi connectivity index (χ1v) is 13.3. The third-order valence-corrected chi connectivity index (χ3v) is 7.58. The van der Waals surface area contributed by atoms with Gasteiger partial charge in [0, 0.05) is 43.6 Å². The highest BCUT2D eigenvalue weighted by Crippen LogP contribution is 2.30. The number of carbonyl (C=O) groups excluding carboxylic acids is 2. The fraction of sp³-hybridized carbons (Fsp3) is 0.357. The van der Waals surface area contributed by atoms with Gasteiger partial charge >= 0.3 is 11.8 Å². The number of anilines is 1. The van der Waals surface area contributed by atoms with Crippen LogP contribution in [-0.2, 0) is 16.0 Å². The molecule has 2 heterocycles. The Hall–Kier alpha value is -3.43. The highest BCUT2D eigenvalue weighted by molar-refractivity contribution is 7.10. The minimum atomic E-state index is -0.645. The summed E-state index contributed by atoms with van der Waals surface area (Å²) >= 11 is 1.63. The van der Waals surface area contributed by atoms with Crippen molar-refractivity contribution in [3.8, 4) is 5.75 Å². The molecule has 1 aliphatic heterocycles. The summed E-state index contributed by atoms with van der Waals surface area (Å²) in [6.45, 7) is 5.07. The standard InChI is InChI=1S/C28H33FN4O3S/c1-20(31-28(35)27(34)30-14-13-21-9-11-22(36-2)12-10-21)26(25-8-5-19-37-25)33-17-15-32(16-18-33)24-7-4-3-6-23(24)29/h3-12,19-20,26H,13-18H2,1-2H3,(H,30,34)(H,31,35). The number of benzene rings is 2. The van der Waals surface area contributed by atoms with Crippen LogP contribution in [0, 0.1) is 5.82 Å². The second-order valence-corrected chi connectivity index (χ2v) is 10.0. The van der Waals surface area contributed by atoms with E-state index < -0.39 is 11.8 Å². The zero-order valence-electron chi connectivity index (χ0n) is 21.2. The number of methoxy groups -OCH3 is 1. The first-order chi connectivity index (χ1) is 18.0. The summed E-state index contributed by atoms with van der Waals surface area (Å²) in [5.74, 6) is -0.733. The number of carbonyl (C=O) groups is 2. The molecule has 1 aliphatic rings. The lowest BCUT2D eigenvalue weighted by Crippen LogP contribution is -2.54. The van der Waals surface area contributed by atoms with Crippen molar-refractivity contribution in [3.05, 3.63) is 82.3 Å². The number of nitrogens with one attached hydrogen (secondary N) is 2. The molecule has 0 aliphatic carbocycles. The summed E-state index contributed by atoms with van der Waals surface area (Å²) < 4.78 is 19.4. The zero-order chi connectivity index (χ0) is 26.2. The van der Waals surface area contributed by atoms with E-state index in [0.717, 1.165) is 16.2 Å². The van der Waals surface area contributed by atoms with E-state index in [0.29, 0.717) is 44.8 Å². The molecule has 9 heteroatoms. The fourth-order valence-corrected chi connectivity index (χ4v) is 5.66. The SMILES string of the molecule is COc1ccc(CCNC(=O)C(=O)NC(C)C(c2cccs2)N2CCN(c3ccccc3F)CC2)cc1. The van der Waals surface area contributed by atoms with Gasteiger partial charge in [0.25, 0.3) is 0 Å². The predicted molar refractivity (Wildman–Crippen MR) is 145 cm³/mol. The Labute approximate surface area is 221 Å². The number of ether oxygens (including phenoxy) is 1. The van der Waals surface area contributed by atoms with Crippen LogP contribution in [0.1, 0.15) is 23.4 Å². The van der Waals surface area contributed by atoms with Gasteiger partial charge in [-0.25, -0.2) is 4.39 Å². The van der Waals surface area contributed by atoms with Crippen LogP contribution >= 0.6 is 11.3 Å². The van der Waals surface area contributed by atoms with Crippen molar-refractivity contribution in [1.82, 2.24) is 15.5 Å². The smallest absolute Gasteiger partial charge is 0.309 e. The Balaban J connectivity index is 1.32. The summed E-state index contributed by atoms with van der Waals surface area (Å²) in [5, 5.41) is 7.63. The summed E-state index contributed by atoms with van der Waals surface area (Å²) in [4.78, 5) is 30.7. The molecule has 0 radical (unpaired) electrons. The van der Waals surface area contributed by atoms with Crippen LogP contribution in [0.25, 0.3) is 0 Å². The highest BCUT2D eigenvalue weighted by Gasteiger charge is 2.32. The van der Waals surface area contributed by atoms with E-state index in [2.05, 4.69) is 26.5 Å². The van der Waals surface area contributed by atoms with Crippen molar-refractivity contribution in [2.24, 2.45) is 0 Å². The molecule has 2 amide bonds. The average molecular weight is 525 g/mol. The average Bonchev–Trinajstić information content (AvgIpc) is 3.44. The molecule has 0 saturated carbocycles. The quantitative estimate of drug-likeness (QED) is 0.419. The van der Waals surface area contributed by atoms with E-state index in [4.69, 9.17) is 4.74 Å².